The molecule has 0 aromatic heterocycles. The van der Waals surface area contributed by atoms with Crippen molar-refractivity contribution >= 4 is 23.4 Å². The zero-order valence-electron chi connectivity index (χ0n) is 16.0. The number of rotatable bonds is 4. The van der Waals surface area contributed by atoms with Gasteiger partial charge in [0, 0.05) is 17.3 Å². The van der Waals surface area contributed by atoms with Crippen molar-refractivity contribution in [3.63, 3.8) is 0 Å². The first kappa shape index (κ1) is 18.3. The maximum Gasteiger partial charge on any atom is 0.511 e. The summed E-state index contributed by atoms with van der Waals surface area (Å²) in [5.74, 6) is 0.596. The molecule has 28 heavy (non-hydrogen) atoms. The highest BCUT2D eigenvalue weighted by Crippen LogP contribution is 2.46. The van der Waals surface area contributed by atoms with E-state index in [2.05, 4.69) is 30.5 Å². The van der Waals surface area contributed by atoms with Gasteiger partial charge in [-0.15, -0.1) is 0 Å². The second-order valence-corrected chi connectivity index (χ2v) is 8.32. The van der Waals surface area contributed by atoms with E-state index in [1.165, 1.54) is 0 Å². The first-order chi connectivity index (χ1) is 13.3. The molecule has 0 bridgehead atoms. The zero-order valence-corrected chi connectivity index (χ0v) is 16.0. The van der Waals surface area contributed by atoms with E-state index in [1.54, 1.807) is 12.1 Å². The third-order valence-electron chi connectivity index (χ3n) is 5.44. The van der Waals surface area contributed by atoms with Crippen molar-refractivity contribution in [2.45, 2.75) is 39.2 Å². The molecule has 4 rings (SSSR count). The number of nitrogens with one attached hydrogen (secondary N) is 2. The Bertz CT molecular complexity index is 934. The molecule has 2 aromatic rings. The summed E-state index contributed by atoms with van der Waals surface area (Å²) in [7, 11) is 0. The van der Waals surface area contributed by atoms with Crippen LogP contribution in [0.2, 0.25) is 0 Å². The first-order valence-corrected chi connectivity index (χ1v) is 9.53. The lowest BCUT2D eigenvalue weighted by Gasteiger charge is -2.41. The number of benzene rings is 2. The van der Waals surface area contributed by atoms with Crippen molar-refractivity contribution in [3.8, 4) is 5.75 Å². The number of hydrogen-bond acceptors (Lipinski definition) is 4. The van der Waals surface area contributed by atoms with Gasteiger partial charge in [-0.2, -0.15) is 0 Å². The summed E-state index contributed by atoms with van der Waals surface area (Å²) < 4.78 is 4.79. The molecule has 1 unspecified atom stereocenters. The summed E-state index contributed by atoms with van der Waals surface area (Å²) in [6.45, 7) is 4.35. The summed E-state index contributed by atoms with van der Waals surface area (Å²) in [5.41, 5.74) is 3.80. The third kappa shape index (κ3) is 3.81. The Morgan fingerprint density at radius 2 is 1.96 bits per heavy atom. The highest BCUT2D eigenvalue weighted by molar-refractivity contribution is 5.94. The third-order valence-corrected chi connectivity index (χ3v) is 5.44. The van der Waals surface area contributed by atoms with Gasteiger partial charge in [0.05, 0.1) is 6.04 Å². The van der Waals surface area contributed by atoms with Crippen LogP contribution in [0.15, 0.2) is 42.5 Å². The Kier molecular flexibility index (Phi) is 4.49. The summed E-state index contributed by atoms with van der Waals surface area (Å²) >= 11 is 0. The number of ether oxygens (including phenoxy) is 1. The number of carboxylic acid groups (broad SMARTS) is 1. The van der Waals surface area contributed by atoms with E-state index >= 15 is 0 Å². The van der Waals surface area contributed by atoms with E-state index < -0.39 is 6.16 Å². The van der Waals surface area contributed by atoms with Crippen LogP contribution in [0, 0.1) is 11.3 Å². The highest BCUT2D eigenvalue weighted by Gasteiger charge is 2.36. The Labute approximate surface area is 163 Å². The van der Waals surface area contributed by atoms with Gasteiger partial charge in [0.1, 0.15) is 5.75 Å². The lowest BCUT2D eigenvalue weighted by Crippen LogP contribution is -2.35. The van der Waals surface area contributed by atoms with Crippen molar-refractivity contribution in [2.24, 2.45) is 11.3 Å². The minimum Gasteiger partial charge on any atom is -0.449 e. The van der Waals surface area contributed by atoms with Gasteiger partial charge in [0.15, 0.2) is 0 Å². The fourth-order valence-corrected chi connectivity index (χ4v) is 3.89. The van der Waals surface area contributed by atoms with Gasteiger partial charge in [-0.05, 0) is 66.1 Å². The molecule has 1 aliphatic heterocycles. The van der Waals surface area contributed by atoms with Crippen molar-refractivity contribution in [3.05, 3.63) is 53.6 Å². The largest absolute Gasteiger partial charge is 0.511 e. The van der Waals surface area contributed by atoms with Gasteiger partial charge in [0.2, 0.25) is 5.91 Å². The Balaban J connectivity index is 1.58. The summed E-state index contributed by atoms with van der Waals surface area (Å²) in [5, 5.41) is 15.4. The van der Waals surface area contributed by atoms with Gasteiger partial charge < -0.3 is 20.5 Å². The first-order valence-electron chi connectivity index (χ1n) is 9.53. The Morgan fingerprint density at radius 1 is 1.18 bits per heavy atom. The molecule has 6 heteroatoms. The predicted octanol–water partition coefficient (Wildman–Crippen LogP) is 4.83. The molecule has 1 saturated carbocycles. The molecule has 1 atom stereocenters. The Hall–Kier alpha value is -3.02. The maximum absolute atomic E-state index is 12.1. The number of carbonyl (C=O) groups excluding carboxylic acids is 1. The van der Waals surface area contributed by atoms with Gasteiger partial charge in [0.25, 0.3) is 0 Å². The maximum atomic E-state index is 12.1. The molecule has 0 radical (unpaired) electrons. The number of hydrogen-bond donors (Lipinski definition) is 3. The molecule has 2 aromatic carbocycles. The highest BCUT2D eigenvalue weighted by atomic mass is 16.7. The molecule has 1 heterocycles. The van der Waals surface area contributed by atoms with Crippen LogP contribution in [0.25, 0.3) is 0 Å². The van der Waals surface area contributed by atoms with Gasteiger partial charge in [-0.1, -0.05) is 26.0 Å². The number of fused-ring (bicyclic) bond motifs is 1. The second-order valence-electron chi connectivity index (χ2n) is 8.32. The zero-order chi connectivity index (χ0) is 19.9. The SMILES string of the molecule is CC1(C)Cc2cc(OC(=O)O)ccc2NC1c1cccc(NC(=O)C2CC2)c1. The van der Waals surface area contributed by atoms with Crippen LogP contribution in [-0.2, 0) is 11.2 Å². The molecule has 3 N–H and O–H groups in total. The molecule has 1 aliphatic carbocycles. The molecule has 6 nitrogen and oxygen atoms in total. The van der Waals surface area contributed by atoms with Crippen molar-refractivity contribution in [2.75, 3.05) is 10.6 Å². The van der Waals surface area contributed by atoms with E-state index in [-0.39, 0.29) is 23.3 Å². The number of amides is 1. The summed E-state index contributed by atoms with van der Waals surface area (Å²) in [4.78, 5) is 22.9. The van der Waals surface area contributed by atoms with Crippen LogP contribution in [0.3, 0.4) is 0 Å². The van der Waals surface area contributed by atoms with E-state index in [1.807, 2.05) is 24.3 Å². The fourth-order valence-electron chi connectivity index (χ4n) is 3.89. The van der Waals surface area contributed by atoms with Crippen LogP contribution in [0.5, 0.6) is 5.75 Å². The van der Waals surface area contributed by atoms with Crippen molar-refractivity contribution in [1.29, 1.82) is 0 Å². The molecule has 0 spiro atoms. The van der Waals surface area contributed by atoms with Crippen LogP contribution in [-0.4, -0.2) is 17.2 Å². The summed E-state index contributed by atoms with van der Waals surface area (Å²) in [6.07, 6.45) is 1.42. The quantitative estimate of drug-likeness (QED) is 0.522. The smallest absolute Gasteiger partial charge is 0.449 e. The van der Waals surface area contributed by atoms with Gasteiger partial charge >= 0.3 is 6.16 Å². The normalized spacial score (nSPS) is 19.9. The van der Waals surface area contributed by atoms with E-state index in [0.29, 0.717) is 5.75 Å². The molecular formula is C22H24N2O4. The monoisotopic (exact) mass is 380 g/mol. The van der Waals surface area contributed by atoms with E-state index in [4.69, 9.17) is 9.84 Å². The van der Waals surface area contributed by atoms with Crippen molar-refractivity contribution in [1.82, 2.24) is 0 Å². The lowest BCUT2D eigenvalue weighted by molar-refractivity contribution is -0.117. The van der Waals surface area contributed by atoms with Crippen LogP contribution < -0.4 is 15.4 Å². The summed E-state index contributed by atoms with van der Waals surface area (Å²) in [6, 6.07) is 13.3. The van der Waals surface area contributed by atoms with Crippen LogP contribution >= 0.6 is 0 Å². The van der Waals surface area contributed by atoms with Crippen LogP contribution in [0.1, 0.15) is 43.9 Å². The molecule has 1 amide bonds. The molecule has 1 fully saturated rings. The van der Waals surface area contributed by atoms with Crippen molar-refractivity contribution < 1.29 is 19.4 Å². The van der Waals surface area contributed by atoms with Gasteiger partial charge in [-0.3, -0.25) is 4.79 Å². The topological polar surface area (TPSA) is 87.7 Å². The standard InChI is InChI=1S/C22H24N2O4/c1-22(2)12-15-11-17(28-21(26)27)8-9-18(15)24-19(22)14-4-3-5-16(10-14)23-20(25)13-6-7-13/h3-5,8-11,13,19,24H,6-7,12H2,1-2H3,(H,23,25)(H,26,27). The molecule has 2 aliphatic rings. The predicted molar refractivity (Wildman–Crippen MR) is 107 cm³/mol. The lowest BCUT2D eigenvalue weighted by atomic mass is 9.73. The number of carbonyl (C=O) groups is 2. The van der Waals surface area contributed by atoms with Crippen LogP contribution in [0.4, 0.5) is 16.2 Å². The molecule has 0 saturated heterocycles. The Morgan fingerprint density at radius 3 is 2.68 bits per heavy atom. The second kappa shape index (κ2) is 6.86. The molecular weight excluding hydrogens is 356 g/mol. The average molecular weight is 380 g/mol. The van der Waals surface area contributed by atoms with E-state index in [0.717, 1.165) is 41.8 Å². The number of anilines is 2. The fraction of sp³-hybridized carbons (Fsp3) is 0.364. The average Bonchev–Trinajstić information content (AvgIpc) is 3.45. The minimum atomic E-state index is -1.31. The van der Waals surface area contributed by atoms with Gasteiger partial charge in [-0.25, -0.2) is 4.79 Å². The molecule has 146 valence electrons. The van der Waals surface area contributed by atoms with E-state index in [9.17, 15) is 9.59 Å². The minimum absolute atomic E-state index is 0.0593.